The Labute approximate surface area is 103 Å². The number of carbonyl (C=O) groups is 1. The molecule has 1 aliphatic carbocycles. The zero-order valence-corrected chi connectivity index (χ0v) is 11.8. The van der Waals surface area contributed by atoms with Gasteiger partial charge in [-0.1, -0.05) is 23.8 Å². The minimum absolute atomic E-state index is 0.709. The van der Waals surface area contributed by atoms with Crippen LogP contribution in [0, 0.1) is 6.92 Å². The second kappa shape index (κ2) is 4.15. The first-order chi connectivity index (χ1) is 7.90. The van der Waals surface area contributed by atoms with Crippen molar-refractivity contribution in [3.63, 3.8) is 0 Å². The Bertz CT molecular complexity index is 495. The first-order valence-electron chi connectivity index (χ1n) is 5.88. The summed E-state index contributed by atoms with van der Waals surface area (Å²) < 4.78 is 6.06. The number of carbonyl (C=O) groups excluding carboxylic acids is 1. The van der Waals surface area contributed by atoms with E-state index in [9.17, 15) is 4.79 Å². The van der Waals surface area contributed by atoms with Gasteiger partial charge in [0.25, 0.3) is 0 Å². The second-order valence-corrected chi connectivity index (χ2v) is 9.95. The van der Waals surface area contributed by atoms with Crippen molar-refractivity contribution < 1.29 is 9.22 Å². The highest BCUT2D eigenvalue weighted by atomic mass is 28.4. The Kier molecular flexibility index (Phi) is 2.95. The smallest absolute Gasteiger partial charge is 0.242 e. The molecule has 0 spiro atoms. The topological polar surface area (TPSA) is 26.3 Å². The van der Waals surface area contributed by atoms with Gasteiger partial charge in [0.15, 0.2) is 0 Å². The van der Waals surface area contributed by atoms with Crippen LogP contribution in [0.4, 0.5) is 0 Å². The minimum Gasteiger partial charge on any atom is -0.544 e. The number of aryl methyl sites for hydroxylation is 1. The molecule has 0 aromatic heterocycles. The molecule has 3 heteroatoms. The summed E-state index contributed by atoms with van der Waals surface area (Å²) >= 11 is 0. The SMILES string of the molecule is Cc1ccc2c(c1)CC(C=O)=C2O[Si](C)(C)C. The van der Waals surface area contributed by atoms with Crippen LogP contribution in [-0.2, 0) is 15.6 Å². The summed E-state index contributed by atoms with van der Waals surface area (Å²) in [6, 6.07) is 6.27. The fraction of sp³-hybridized carbons (Fsp3) is 0.357. The molecule has 1 aliphatic rings. The summed E-state index contributed by atoms with van der Waals surface area (Å²) in [6.07, 6.45) is 1.64. The maximum absolute atomic E-state index is 11.1. The number of aldehydes is 1. The Balaban J connectivity index is 2.44. The van der Waals surface area contributed by atoms with Gasteiger partial charge in [0.1, 0.15) is 12.0 Å². The molecule has 0 saturated heterocycles. The number of hydrogen-bond donors (Lipinski definition) is 0. The number of rotatable bonds is 3. The molecule has 0 saturated carbocycles. The maximum Gasteiger partial charge on any atom is 0.242 e. The van der Waals surface area contributed by atoms with Gasteiger partial charge in [0.05, 0.1) is 0 Å². The molecular formula is C14H18O2Si. The quantitative estimate of drug-likeness (QED) is 0.604. The molecule has 2 rings (SSSR count). The lowest BCUT2D eigenvalue weighted by atomic mass is 10.1. The Morgan fingerprint density at radius 1 is 1.29 bits per heavy atom. The summed E-state index contributed by atoms with van der Waals surface area (Å²) in [5.74, 6) is 0.814. The number of benzene rings is 1. The molecule has 0 radical (unpaired) electrons. The summed E-state index contributed by atoms with van der Waals surface area (Å²) in [6.45, 7) is 8.47. The summed E-state index contributed by atoms with van der Waals surface area (Å²) in [7, 11) is -1.68. The van der Waals surface area contributed by atoms with E-state index in [0.29, 0.717) is 6.42 Å². The third-order valence-corrected chi connectivity index (χ3v) is 3.54. The zero-order chi connectivity index (χ0) is 12.6. The molecule has 0 fully saturated rings. The van der Waals surface area contributed by atoms with Gasteiger partial charge in [0, 0.05) is 17.6 Å². The predicted molar refractivity (Wildman–Crippen MR) is 72.3 cm³/mol. The van der Waals surface area contributed by atoms with Crippen molar-refractivity contribution in [1.29, 1.82) is 0 Å². The number of hydrogen-bond acceptors (Lipinski definition) is 2. The lowest BCUT2D eigenvalue weighted by molar-refractivity contribution is -0.104. The van der Waals surface area contributed by atoms with E-state index in [0.717, 1.165) is 23.2 Å². The first kappa shape index (κ1) is 12.1. The van der Waals surface area contributed by atoms with Crippen LogP contribution in [0.1, 0.15) is 16.7 Å². The molecule has 2 nitrogen and oxygen atoms in total. The van der Waals surface area contributed by atoms with Crippen molar-refractivity contribution in [3.05, 3.63) is 40.5 Å². The lowest BCUT2D eigenvalue weighted by Gasteiger charge is -2.21. The van der Waals surface area contributed by atoms with Crippen molar-refractivity contribution in [2.75, 3.05) is 0 Å². The Morgan fingerprint density at radius 2 is 2.00 bits per heavy atom. The largest absolute Gasteiger partial charge is 0.544 e. The normalized spacial score (nSPS) is 14.8. The van der Waals surface area contributed by atoms with E-state index in [2.05, 4.69) is 44.8 Å². The molecule has 0 heterocycles. The molecule has 17 heavy (non-hydrogen) atoms. The molecular weight excluding hydrogens is 228 g/mol. The van der Waals surface area contributed by atoms with Crippen molar-refractivity contribution >= 4 is 20.4 Å². The third-order valence-electron chi connectivity index (χ3n) is 2.73. The fourth-order valence-corrected chi connectivity index (χ4v) is 2.92. The molecule has 0 amide bonds. The van der Waals surface area contributed by atoms with Gasteiger partial charge >= 0.3 is 0 Å². The van der Waals surface area contributed by atoms with Crippen LogP contribution in [0.3, 0.4) is 0 Å². The van der Waals surface area contributed by atoms with Crippen LogP contribution in [0.15, 0.2) is 23.8 Å². The molecule has 0 bridgehead atoms. The van der Waals surface area contributed by atoms with Crippen LogP contribution >= 0.6 is 0 Å². The van der Waals surface area contributed by atoms with E-state index in [-0.39, 0.29) is 0 Å². The van der Waals surface area contributed by atoms with Crippen LogP contribution in [0.2, 0.25) is 19.6 Å². The standard InChI is InChI=1S/C14H18O2Si/c1-10-5-6-13-11(7-10)8-12(9-15)14(13)16-17(2,3)4/h5-7,9H,8H2,1-4H3. The summed E-state index contributed by atoms with van der Waals surface area (Å²) in [5.41, 5.74) is 4.32. The minimum atomic E-state index is -1.68. The van der Waals surface area contributed by atoms with Crippen LogP contribution in [0.25, 0.3) is 5.76 Å². The zero-order valence-electron chi connectivity index (χ0n) is 10.8. The van der Waals surface area contributed by atoms with Gasteiger partial charge in [-0.2, -0.15) is 0 Å². The van der Waals surface area contributed by atoms with Crippen molar-refractivity contribution in [1.82, 2.24) is 0 Å². The molecule has 0 atom stereocenters. The van der Waals surface area contributed by atoms with E-state index >= 15 is 0 Å². The molecule has 1 aromatic carbocycles. The van der Waals surface area contributed by atoms with Gasteiger partial charge in [-0.15, -0.1) is 0 Å². The van der Waals surface area contributed by atoms with Crippen LogP contribution in [0.5, 0.6) is 0 Å². The molecule has 0 unspecified atom stereocenters. The molecule has 90 valence electrons. The van der Waals surface area contributed by atoms with Gasteiger partial charge in [-0.3, -0.25) is 4.79 Å². The van der Waals surface area contributed by atoms with Gasteiger partial charge in [0.2, 0.25) is 8.32 Å². The van der Waals surface area contributed by atoms with Crippen molar-refractivity contribution in [2.45, 2.75) is 33.0 Å². The van der Waals surface area contributed by atoms with E-state index in [1.807, 2.05) is 0 Å². The van der Waals surface area contributed by atoms with Crippen molar-refractivity contribution in [2.24, 2.45) is 0 Å². The molecule has 1 aromatic rings. The van der Waals surface area contributed by atoms with Gasteiger partial charge < -0.3 is 4.43 Å². The van der Waals surface area contributed by atoms with E-state index in [4.69, 9.17) is 4.43 Å². The van der Waals surface area contributed by atoms with E-state index in [1.54, 1.807) is 0 Å². The molecule has 0 aliphatic heterocycles. The van der Waals surface area contributed by atoms with Crippen LogP contribution in [-0.4, -0.2) is 14.6 Å². The van der Waals surface area contributed by atoms with Gasteiger partial charge in [-0.05, 0) is 32.1 Å². The lowest BCUT2D eigenvalue weighted by Crippen LogP contribution is -2.24. The average molecular weight is 246 g/mol. The molecule has 0 N–H and O–H groups in total. The van der Waals surface area contributed by atoms with E-state index < -0.39 is 8.32 Å². The van der Waals surface area contributed by atoms with E-state index in [1.165, 1.54) is 11.1 Å². The third kappa shape index (κ3) is 2.49. The summed E-state index contributed by atoms with van der Waals surface area (Å²) in [5, 5.41) is 0. The predicted octanol–water partition coefficient (Wildman–Crippen LogP) is 3.31. The monoisotopic (exact) mass is 246 g/mol. The highest BCUT2D eigenvalue weighted by Crippen LogP contribution is 2.35. The average Bonchev–Trinajstić information content (AvgIpc) is 2.53. The van der Waals surface area contributed by atoms with Crippen LogP contribution < -0.4 is 0 Å². The number of fused-ring (bicyclic) bond motifs is 1. The maximum atomic E-state index is 11.1. The van der Waals surface area contributed by atoms with Gasteiger partial charge in [-0.25, -0.2) is 0 Å². The fourth-order valence-electron chi connectivity index (χ4n) is 2.07. The Hall–Kier alpha value is -1.35. The Morgan fingerprint density at radius 3 is 2.59 bits per heavy atom. The second-order valence-electron chi connectivity index (χ2n) is 5.52. The highest BCUT2D eigenvalue weighted by Gasteiger charge is 2.27. The highest BCUT2D eigenvalue weighted by molar-refractivity contribution is 6.70. The first-order valence-corrected chi connectivity index (χ1v) is 9.29. The summed E-state index contributed by atoms with van der Waals surface area (Å²) in [4.78, 5) is 11.1. The number of allylic oxidation sites excluding steroid dienone is 1. The van der Waals surface area contributed by atoms with Crippen molar-refractivity contribution in [3.8, 4) is 0 Å².